The van der Waals surface area contributed by atoms with Gasteiger partial charge in [-0.3, -0.25) is 4.79 Å². The molecule has 2 N–H and O–H groups in total. The van der Waals surface area contributed by atoms with Gasteiger partial charge in [-0.2, -0.15) is 4.98 Å². The number of hydrogen-bond donors (Lipinski definition) is 2. The average Bonchev–Trinajstić information content (AvgIpc) is 3.16. The summed E-state index contributed by atoms with van der Waals surface area (Å²) in [7, 11) is 0. The number of nitrogens with one attached hydrogen (secondary N) is 2. The Morgan fingerprint density at radius 2 is 1.79 bits per heavy atom. The van der Waals surface area contributed by atoms with Crippen molar-refractivity contribution in [2.24, 2.45) is 0 Å². The highest BCUT2D eigenvalue weighted by Gasteiger charge is 2.15. The second kappa shape index (κ2) is 8.27. The lowest BCUT2D eigenvalue weighted by Gasteiger charge is -2.27. The van der Waals surface area contributed by atoms with E-state index in [9.17, 15) is 4.79 Å². The van der Waals surface area contributed by atoms with Gasteiger partial charge in [-0.25, -0.2) is 4.98 Å². The number of anilines is 4. The first-order chi connectivity index (χ1) is 14.1. The first kappa shape index (κ1) is 18.9. The normalized spacial score (nSPS) is 13.9. The Kier molecular flexibility index (Phi) is 5.39. The second-order valence-electron chi connectivity index (χ2n) is 6.75. The number of aromatic nitrogens is 3. The van der Waals surface area contributed by atoms with E-state index in [1.165, 1.54) is 6.20 Å². The van der Waals surface area contributed by atoms with E-state index in [4.69, 9.17) is 9.26 Å². The van der Waals surface area contributed by atoms with Crippen molar-refractivity contribution >= 4 is 29.0 Å². The Morgan fingerprint density at radius 1 is 1.07 bits per heavy atom. The third-order valence-electron chi connectivity index (χ3n) is 4.55. The quantitative estimate of drug-likeness (QED) is 0.680. The van der Waals surface area contributed by atoms with Crippen LogP contribution in [0.2, 0.25) is 0 Å². The SMILES string of the molecule is Cc1cc(Nc2ccc(NC(=O)c3cnoc3C)cc2)nc(N2CCOCC2)n1. The molecular weight excluding hydrogens is 372 g/mol. The van der Waals surface area contributed by atoms with Crippen LogP contribution in [0.15, 0.2) is 41.1 Å². The maximum absolute atomic E-state index is 12.2. The van der Waals surface area contributed by atoms with Crippen LogP contribution in [0.25, 0.3) is 0 Å². The molecule has 0 spiro atoms. The van der Waals surface area contributed by atoms with Gasteiger partial charge in [0, 0.05) is 36.2 Å². The van der Waals surface area contributed by atoms with E-state index < -0.39 is 0 Å². The molecular formula is C20H22N6O3. The van der Waals surface area contributed by atoms with Crippen LogP contribution < -0.4 is 15.5 Å². The van der Waals surface area contributed by atoms with Gasteiger partial charge in [0.25, 0.3) is 5.91 Å². The van der Waals surface area contributed by atoms with E-state index >= 15 is 0 Å². The highest BCUT2D eigenvalue weighted by Crippen LogP contribution is 2.21. The lowest BCUT2D eigenvalue weighted by molar-refractivity contribution is 0.102. The number of benzene rings is 1. The summed E-state index contributed by atoms with van der Waals surface area (Å²) < 4.78 is 10.3. The summed E-state index contributed by atoms with van der Waals surface area (Å²) in [6.45, 7) is 6.57. The summed E-state index contributed by atoms with van der Waals surface area (Å²) in [6.07, 6.45) is 1.41. The monoisotopic (exact) mass is 394 g/mol. The lowest BCUT2D eigenvalue weighted by Crippen LogP contribution is -2.37. The summed E-state index contributed by atoms with van der Waals surface area (Å²) in [6, 6.07) is 9.29. The van der Waals surface area contributed by atoms with E-state index in [0.717, 1.165) is 30.3 Å². The molecule has 3 heterocycles. The van der Waals surface area contributed by atoms with Crippen LogP contribution in [0.5, 0.6) is 0 Å². The van der Waals surface area contributed by atoms with Gasteiger partial charge >= 0.3 is 0 Å². The van der Waals surface area contributed by atoms with Gasteiger partial charge in [0.15, 0.2) is 0 Å². The number of morpholine rings is 1. The number of hydrogen-bond acceptors (Lipinski definition) is 8. The number of carbonyl (C=O) groups is 1. The molecule has 0 radical (unpaired) electrons. The predicted octanol–water partition coefficient (Wildman–Crippen LogP) is 2.91. The van der Waals surface area contributed by atoms with Crippen LogP contribution in [0.1, 0.15) is 21.8 Å². The van der Waals surface area contributed by atoms with Crippen LogP contribution in [0.4, 0.5) is 23.1 Å². The molecule has 29 heavy (non-hydrogen) atoms. The summed E-state index contributed by atoms with van der Waals surface area (Å²) >= 11 is 0. The van der Waals surface area contributed by atoms with Crippen LogP contribution >= 0.6 is 0 Å². The Bertz CT molecular complexity index is 996. The van der Waals surface area contributed by atoms with Crippen molar-refractivity contribution in [2.75, 3.05) is 41.8 Å². The van der Waals surface area contributed by atoms with Crippen molar-refractivity contribution < 1.29 is 14.1 Å². The molecule has 0 unspecified atom stereocenters. The van der Waals surface area contributed by atoms with Crippen molar-refractivity contribution in [3.63, 3.8) is 0 Å². The molecule has 1 aliphatic heterocycles. The highest BCUT2D eigenvalue weighted by atomic mass is 16.5. The van der Waals surface area contributed by atoms with Gasteiger partial charge in [-0.05, 0) is 38.1 Å². The molecule has 2 aromatic heterocycles. The molecule has 3 aromatic rings. The minimum absolute atomic E-state index is 0.258. The highest BCUT2D eigenvalue weighted by molar-refractivity contribution is 6.04. The molecule has 0 saturated carbocycles. The molecule has 1 amide bonds. The zero-order valence-corrected chi connectivity index (χ0v) is 16.3. The predicted molar refractivity (Wildman–Crippen MR) is 109 cm³/mol. The molecule has 1 fully saturated rings. The van der Waals surface area contributed by atoms with E-state index in [0.29, 0.717) is 36.2 Å². The van der Waals surface area contributed by atoms with Crippen LogP contribution in [0, 0.1) is 13.8 Å². The fraction of sp³-hybridized carbons (Fsp3) is 0.300. The molecule has 0 bridgehead atoms. The maximum Gasteiger partial charge on any atom is 0.260 e. The molecule has 0 aliphatic carbocycles. The fourth-order valence-corrected chi connectivity index (χ4v) is 3.02. The van der Waals surface area contributed by atoms with Gasteiger partial charge in [0.05, 0.1) is 19.4 Å². The first-order valence-corrected chi connectivity index (χ1v) is 9.36. The van der Waals surface area contributed by atoms with Gasteiger partial charge in [0.2, 0.25) is 5.95 Å². The summed E-state index contributed by atoms with van der Waals surface area (Å²) in [4.78, 5) is 23.5. The summed E-state index contributed by atoms with van der Waals surface area (Å²) in [5, 5.41) is 9.75. The molecule has 150 valence electrons. The standard InChI is InChI=1S/C20H22N6O3/c1-13-11-18(25-20(22-13)26-7-9-28-10-8-26)23-15-3-5-16(6-4-15)24-19(27)17-12-21-29-14(17)2/h3-6,11-12H,7-10H2,1-2H3,(H,24,27)(H,22,23,25). The fourth-order valence-electron chi connectivity index (χ4n) is 3.02. The number of nitrogens with zero attached hydrogens (tertiary/aromatic N) is 4. The summed E-state index contributed by atoms with van der Waals surface area (Å²) in [5.41, 5.74) is 2.83. The molecule has 1 aliphatic rings. The number of rotatable bonds is 5. The molecule has 9 nitrogen and oxygen atoms in total. The molecule has 0 atom stereocenters. The molecule has 4 rings (SSSR count). The zero-order valence-electron chi connectivity index (χ0n) is 16.3. The smallest absolute Gasteiger partial charge is 0.260 e. The van der Waals surface area contributed by atoms with Crippen molar-refractivity contribution in [3.8, 4) is 0 Å². The Balaban J connectivity index is 1.44. The first-order valence-electron chi connectivity index (χ1n) is 9.36. The average molecular weight is 394 g/mol. The largest absolute Gasteiger partial charge is 0.378 e. The van der Waals surface area contributed by atoms with Crippen LogP contribution in [-0.4, -0.2) is 47.3 Å². The minimum atomic E-state index is -0.258. The van der Waals surface area contributed by atoms with Gasteiger partial charge in [-0.1, -0.05) is 5.16 Å². The second-order valence-corrected chi connectivity index (χ2v) is 6.75. The zero-order chi connectivity index (χ0) is 20.2. The molecule has 9 heteroatoms. The van der Waals surface area contributed by atoms with Crippen molar-refractivity contribution in [1.82, 2.24) is 15.1 Å². The van der Waals surface area contributed by atoms with Gasteiger partial charge in [0.1, 0.15) is 17.1 Å². The van der Waals surface area contributed by atoms with E-state index in [1.54, 1.807) is 6.92 Å². The Hall–Kier alpha value is -3.46. The van der Waals surface area contributed by atoms with Gasteiger partial charge < -0.3 is 24.8 Å². The Morgan fingerprint density at radius 3 is 2.48 bits per heavy atom. The number of carbonyl (C=O) groups excluding carboxylic acids is 1. The third-order valence-corrected chi connectivity index (χ3v) is 4.55. The number of ether oxygens (including phenoxy) is 1. The van der Waals surface area contributed by atoms with Crippen LogP contribution in [0.3, 0.4) is 0 Å². The van der Waals surface area contributed by atoms with Crippen molar-refractivity contribution in [2.45, 2.75) is 13.8 Å². The van der Waals surface area contributed by atoms with Crippen molar-refractivity contribution in [1.29, 1.82) is 0 Å². The molecule has 1 saturated heterocycles. The minimum Gasteiger partial charge on any atom is -0.378 e. The third kappa shape index (κ3) is 4.52. The lowest BCUT2D eigenvalue weighted by atomic mass is 10.2. The van der Waals surface area contributed by atoms with E-state index in [1.807, 2.05) is 37.3 Å². The maximum atomic E-state index is 12.2. The molecule has 1 aromatic carbocycles. The number of amides is 1. The Labute approximate surface area is 168 Å². The van der Waals surface area contributed by atoms with E-state index in [2.05, 4.69) is 30.7 Å². The summed E-state index contributed by atoms with van der Waals surface area (Å²) in [5.74, 6) is 1.64. The van der Waals surface area contributed by atoms with Gasteiger partial charge in [-0.15, -0.1) is 0 Å². The van der Waals surface area contributed by atoms with E-state index in [-0.39, 0.29) is 5.91 Å². The number of aryl methyl sites for hydroxylation is 2. The van der Waals surface area contributed by atoms with Crippen molar-refractivity contribution in [3.05, 3.63) is 53.5 Å². The topological polar surface area (TPSA) is 105 Å². The van der Waals surface area contributed by atoms with Crippen LogP contribution in [-0.2, 0) is 4.74 Å².